The SMILES string of the molecule is C[Si](C)(C)C1C(c2ccccc2)=CC(c2ccccc2)(c2ccccc2)C(c2ccccc2)(c2ccccc2)C1(c1ccccc1)c1ccccc1. The summed E-state index contributed by atoms with van der Waals surface area (Å²) in [5.41, 5.74) is 8.67. The summed E-state index contributed by atoms with van der Waals surface area (Å²) in [6.07, 6.45) is 2.74. The van der Waals surface area contributed by atoms with Crippen LogP contribution in [0.5, 0.6) is 0 Å². The van der Waals surface area contributed by atoms with Gasteiger partial charge < -0.3 is 0 Å². The van der Waals surface area contributed by atoms with Crippen LogP contribution in [-0.4, -0.2) is 8.07 Å². The van der Waals surface area contributed by atoms with Crippen LogP contribution in [0.15, 0.2) is 218 Å². The average molecular weight is 687 g/mol. The second-order valence-corrected chi connectivity index (χ2v) is 20.6. The van der Waals surface area contributed by atoms with Gasteiger partial charge in [0.2, 0.25) is 0 Å². The van der Waals surface area contributed by atoms with Gasteiger partial charge in [-0.25, -0.2) is 0 Å². The Bertz CT molecular complexity index is 2120. The third kappa shape index (κ3) is 5.02. The molecule has 0 N–H and O–H groups in total. The number of hydrogen-bond acceptors (Lipinski definition) is 0. The second kappa shape index (κ2) is 13.6. The van der Waals surface area contributed by atoms with Gasteiger partial charge in [0, 0.05) is 5.41 Å². The molecule has 1 aliphatic carbocycles. The third-order valence-electron chi connectivity index (χ3n) is 11.6. The van der Waals surface area contributed by atoms with Crippen LogP contribution in [0, 0.1) is 0 Å². The first kappa shape index (κ1) is 33.6. The Labute approximate surface area is 311 Å². The topological polar surface area (TPSA) is 0 Å². The normalized spacial score (nSPS) is 17.5. The molecule has 1 heteroatoms. The van der Waals surface area contributed by atoms with E-state index >= 15 is 0 Å². The lowest BCUT2D eigenvalue weighted by atomic mass is 9.36. The summed E-state index contributed by atoms with van der Waals surface area (Å²) >= 11 is 0. The van der Waals surface area contributed by atoms with Crippen LogP contribution in [0.3, 0.4) is 0 Å². The molecule has 1 atom stereocenters. The van der Waals surface area contributed by atoms with Gasteiger partial charge in [-0.05, 0) is 50.1 Å². The summed E-state index contributed by atoms with van der Waals surface area (Å²) in [6.45, 7) is 7.77. The van der Waals surface area contributed by atoms with Crippen LogP contribution < -0.4 is 0 Å². The molecule has 0 saturated heterocycles. The largest absolute Gasteiger partial charge is 0.0690 e. The number of benzene rings is 7. The molecule has 1 aliphatic rings. The monoisotopic (exact) mass is 686 g/mol. The first-order valence-corrected chi connectivity index (χ1v) is 22.1. The van der Waals surface area contributed by atoms with Crippen molar-refractivity contribution >= 4 is 13.6 Å². The predicted octanol–water partition coefficient (Wildman–Crippen LogP) is 12.8. The van der Waals surface area contributed by atoms with Crippen LogP contribution in [-0.2, 0) is 16.2 Å². The Balaban J connectivity index is 1.79. The highest BCUT2D eigenvalue weighted by Gasteiger charge is 2.72. The molecule has 7 aromatic carbocycles. The summed E-state index contributed by atoms with van der Waals surface area (Å²) in [7, 11) is -2.19. The van der Waals surface area contributed by atoms with Crippen molar-refractivity contribution in [2.24, 2.45) is 0 Å². The van der Waals surface area contributed by atoms with Crippen molar-refractivity contribution in [3.8, 4) is 0 Å². The third-order valence-corrected chi connectivity index (χ3v) is 14.1. The summed E-state index contributed by atoms with van der Waals surface area (Å²) in [5, 5.41) is 0. The van der Waals surface area contributed by atoms with E-state index < -0.39 is 24.3 Å². The second-order valence-electron chi connectivity index (χ2n) is 15.3. The molecule has 0 spiro atoms. The summed E-state index contributed by atoms with van der Waals surface area (Å²) in [6, 6.07) is 80.1. The van der Waals surface area contributed by atoms with E-state index in [4.69, 9.17) is 0 Å². The summed E-state index contributed by atoms with van der Waals surface area (Å²) in [4.78, 5) is 0. The molecule has 7 aromatic rings. The molecule has 0 radical (unpaired) electrons. The molecule has 0 aliphatic heterocycles. The van der Waals surface area contributed by atoms with Crippen molar-refractivity contribution in [1.29, 1.82) is 0 Å². The highest BCUT2D eigenvalue weighted by Crippen LogP contribution is 2.74. The smallest absolute Gasteiger partial charge is 0.0538 e. The number of rotatable bonds is 8. The zero-order valence-electron chi connectivity index (χ0n) is 30.4. The minimum Gasteiger partial charge on any atom is -0.0690 e. The molecule has 0 fully saturated rings. The number of allylic oxidation sites excluding steroid dienone is 2. The molecule has 1 unspecified atom stereocenters. The van der Waals surface area contributed by atoms with Gasteiger partial charge in [0.1, 0.15) is 0 Å². The highest BCUT2D eigenvalue weighted by atomic mass is 28.3. The maximum absolute atomic E-state index is 2.74. The predicted molar refractivity (Wildman–Crippen MR) is 223 cm³/mol. The Morgan fingerprint density at radius 3 is 0.962 bits per heavy atom. The fourth-order valence-electron chi connectivity index (χ4n) is 10.1. The molecular formula is C51H46Si. The lowest BCUT2D eigenvalue weighted by Gasteiger charge is -2.68. The first-order valence-electron chi connectivity index (χ1n) is 18.6. The van der Waals surface area contributed by atoms with Gasteiger partial charge in [0.15, 0.2) is 0 Å². The summed E-state index contributed by atoms with van der Waals surface area (Å²) in [5.74, 6) is 0. The van der Waals surface area contributed by atoms with Crippen molar-refractivity contribution in [3.63, 3.8) is 0 Å². The van der Waals surface area contributed by atoms with Crippen LogP contribution in [0.4, 0.5) is 0 Å². The Morgan fingerprint density at radius 1 is 0.346 bits per heavy atom. The van der Waals surface area contributed by atoms with Gasteiger partial charge in [-0.15, -0.1) is 0 Å². The van der Waals surface area contributed by atoms with Crippen LogP contribution >= 0.6 is 0 Å². The minimum absolute atomic E-state index is 0.146. The van der Waals surface area contributed by atoms with Crippen molar-refractivity contribution in [2.45, 2.75) is 41.4 Å². The van der Waals surface area contributed by atoms with Gasteiger partial charge in [-0.3, -0.25) is 0 Å². The first-order chi connectivity index (χ1) is 25.5. The Hall–Kier alpha value is -5.50. The van der Waals surface area contributed by atoms with E-state index in [1.165, 1.54) is 44.5 Å². The molecule has 0 aromatic heterocycles. The van der Waals surface area contributed by atoms with Gasteiger partial charge >= 0.3 is 0 Å². The van der Waals surface area contributed by atoms with E-state index in [0.717, 1.165) is 0 Å². The van der Waals surface area contributed by atoms with Crippen molar-refractivity contribution in [1.82, 2.24) is 0 Å². The van der Waals surface area contributed by atoms with Gasteiger partial charge in [0.05, 0.1) is 18.9 Å². The highest BCUT2D eigenvalue weighted by molar-refractivity contribution is 6.79. The number of hydrogen-bond donors (Lipinski definition) is 0. The van der Waals surface area contributed by atoms with E-state index in [1.807, 2.05) is 0 Å². The Kier molecular flexibility index (Phi) is 8.77. The fraction of sp³-hybridized carbons (Fsp3) is 0.137. The average Bonchev–Trinajstić information content (AvgIpc) is 3.21. The van der Waals surface area contributed by atoms with Crippen LogP contribution in [0.25, 0.3) is 5.57 Å². The van der Waals surface area contributed by atoms with Gasteiger partial charge in [0.25, 0.3) is 0 Å². The van der Waals surface area contributed by atoms with Crippen LogP contribution in [0.2, 0.25) is 25.2 Å². The van der Waals surface area contributed by atoms with E-state index in [9.17, 15) is 0 Å². The Morgan fingerprint density at radius 2 is 0.635 bits per heavy atom. The molecule has 254 valence electrons. The molecule has 8 rings (SSSR count). The van der Waals surface area contributed by atoms with Gasteiger partial charge in [-0.1, -0.05) is 238 Å². The van der Waals surface area contributed by atoms with Crippen molar-refractivity contribution < 1.29 is 0 Å². The standard InChI is InChI=1S/C51H46Si/c1-52(2,3)48-47(40-25-11-4-12-26-40)39-49(41-27-13-5-14-28-41,42-29-15-6-16-30-42)51(45-35-21-9-22-36-45,46-37-23-10-24-38-46)50(48,43-31-17-7-18-32-43)44-33-19-8-20-34-44/h4-39,48H,1-3H3. The fourth-order valence-corrected chi connectivity index (χ4v) is 13.2. The molecule has 0 saturated carbocycles. The van der Waals surface area contributed by atoms with Crippen LogP contribution in [0.1, 0.15) is 38.9 Å². The molecule has 0 nitrogen and oxygen atoms in total. The minimum atomic E-state index is -2.19. The quantitative estimate of drug-likeness (QED) is 0.140. The van der Waals surface area contributed by atoms with Crippen molar-refractivity contribution in [2.75, 3.05) is 0 Å². The van der Waals surface area contributed by atoms with E-state index in [1.54, 1.807) is 0 Å². The van der Waals surface area contributed by atoms with E-state index in [-0.39, 0.29) is 5.54 Å². The lowest BCUT2D eigenvalue weighted by molar-refractivity contribution is 0.215. The maximum atomic E-state index is 2.74. The molecule has 0 amide bonds. The summed E-state index contributed by atoms with van der Waals surface area (Å²) < 4.78 is 0. The van der Waals surface area contributed by atoms with Gasteiger partial charge in [-0.2, -0.15) is 0 Å². The van der Waals surface area contributed by atoms with E-state index in [0.29, 0.717) is 0 Å². The lowest BCUT2D eigenvalue weighted by Crippen LogP contribution is -2.69. The zero-order chi connectivity index (χ0) is 35.7. The molecule has 52 heavy (non-hydrogen) atoms. The molecule has 0 heterocycles. The molecular weight excluding hydrogens is 641 g/mol. The van der Waals surface area contributed by atoms with Crippen molar-refractivity contribution in [3.05, 3.63) is 257 Å². The van der Waals surface area contributed by atoms with E-state index in [2.05, 4.69) is 238 Å². The maximum Gasteiger partial charge on any atom is 0.0538 e. The molecule has 0 bridgehead atoms. The zero-order valence-corrected chi connectivity index (χ0v) is 31.4.